The van der Waals surface area contributed by atoms with Crippen LogP contribution in [0.2, 0.25) is 0 Å². The molecular formula is C27H36O3. The molecule has 1 aliphatic rings. The lowest BCUT2D eigenvalue weighted by atomic mass is 9.85. The minimum absolute atomic E-state index is 0.0977. The quantitative estimate of drug-likeness (QED) is 0.297. The third-order valence-electron chi connectivity index (χ3n) is 5.66. The maximum atomic E-state index is 11.5. The molecule has 0 N–H and O–H groups in total. The number of fused-ring (bicyclic) bond motifs is 1. The topological polar surface area (TPSA) is 35.5 Å². The largest absolute Gasteiger partial charge is 0.487 e. The summed E-state index contributed by atoms with van der Waals surface area (Å²) in [6.07, 6.45) is 13.9. The molecular weight excluding hydrogens is 372 g/mol. The van der Waals surface area contributed by atoms with E-state index < -0.39 is 0 Å². The Labute approximate surface area is 182 Å². The third-order valence-corrected chi connectivity index (χ3v) is 5.66. The van der Waals surface area contributed by atoms with Crippen LogP contribution < -0.4 is 4.74 Å². The van der Waals surface area contributed by atoms with Crippen molar-refractivity contribution in [3.8, 4) is 5.75 Å². The monoisotopic (exact) mass is 408 g/mol. The van der Waals surface area contributed by atoms with Gasteiger partial charge in [-0.2, -0.15) is 0 Å². The molecule has 2 rings (SSSR count). The number of rotatable bonds is 6. The first-order valence-electron chi connectivity index (χ1n) is 10.8. The van der Waals surface area contributed by atoms with Crippen molar-refractivity contribution in [1.29, 1.82) is 0 Å². The highest BCUT2D eigenvalue weighted by Gasteiger charge is 2.30. The molecule has 0 amide bonds. The average Bonchev–Trinajstić information content (AvgIpc) is 2.65. The zero-order valence-corrected chi connectivity index (χ0v) is 19.8. The Kier molecular flexibility index (Phi) is 7.89. The number of allylic oxidation sites excluding steroid dienone is 6. The molecule has 0 unspecified atom stereocenters. The molecule has 0 saturated heterocycles. The number of esters is 1. The summed E-state index contributed by atoms with van der Waals surface area (Å²) in [4.78, 5) is 11.5. The average molecular weight is 409 g/mol. The maximum absolute atomic E-state index is 11.5. The molecule has 0 aliphatic carbocycles. The van der Waals surface area contributed by atoms with Crippen LogP contribution in [0, 0.1) is 20.8 Å². The smallest absolute Gasteiger partial charge is 0.330 e. The normalized spacial score (nSPS) is 16.7. The van der Waals surface area contributed by atoms with Crippen molar-refractivity contribution in [2.45, 2.75) is 73.8 Å². The minimum Gasteiger partial charge on any atom is -0.487 e. The Hall–Kier alpha value is -2.55. The van der Waals surface area contributed by atoms with E-state index in [0.29, 0.717) is 6.61 Å². The molecule has 0 saturated carbocycles. The molecule has 0 atom stereocenters. The fraction of sp³-hybridized carbons (Fsp3) is 0.444. The summed E-state index contributed by atoms with van der Waals surface area (Å²) in [6, 6.07) is 0. The summed E-state index contributed by atoms with van der Waals surface area (Å²) in [5.41, 5.74) is 8.36. The molecule has 0 spiro atoms. The SMILES string of the molecule is CCOC(=O)C=C(C)C=CC=C(C)C=Cc1c(C)c(C)c2c(c1C)CCC(C)(C)O2. The summed E-state index contributed by atoms with van der Waals surface area (Å²) in [6.45, 7) is 17.0. The summed E-state index contributed by atoms with van der Waals surface area (Å²) in [5, 5.41) is 0. The van der Waals surface area contributed by atoms with E-state index in [0.717, 1.165) is 29.7 Å². The molecule has 1 aliphatic heterocycles. The molecule has 162 valence electrons. The van der Waals surface area contributed by atoms with E-state index in [1.165, 1.54) is 33.9 Å². The molecule has 1 heterocycles. The van der Waals surface area contributed by atoms with Gasteiger partial charge in [-0.3, -0.25) is 0 Å². The first-order valence-corrected chi connectivity index (χ1v) is 10.8. The first kappa shape index (κ1) is 23.7. The van der Waals surface area contributed by atoms with Gasteiger partial charge in [-0.1, -0.05) is 36.0 Å². The number of ether oxygens (including phenoxy) is 2. The van der Waals surface area contributed by atoms with Crippen molar-refractivity contribution < 1.29 is 14.3 Å². The van der Waals surface area contributed by atoms with Crippen molar-refractivity contribution in [2.24, 2.45) is 0 Å². The van der Waals surface area contributed by atoms with Gasteiger partial charge in [0.15, 0.2) is 0 Å². The van der Waals surface area contributed by atoms with Crippen LogP contribution in [-0.4, -0.2) is 18.2 Å². The zero-order valence-electron chi connectivity index (χ0n) is 19.8. The van der Waals surface area contributed by atoms with Crippen molar-refractivity contribution in [3.63, 3.8) is 0 Å². The number of hydrogen-bond acceptors (Lipinski definition) is 3. The van der Waals surface area contributed by atoms with Crippen molar-refractivity contribution >= 4 is 12.0 Å². The number of carbonyl (C=O) groups is 1. The van der Waals surface area contributed by atoms with E-state index in [1.54, 1.807) is 6.92 Å². The van der Waals surface area contributed by atoms with Crippen LogP contribution in [0.15, 0.2) is 41.5 Å². The molecule has 3 nitrogen and oxygen atoms in total. The summed E-state index contributed by atoms with van der Waals surface area (Å²) < 4.78 is 11.3. The lowest BCUT2D eigenvalue weighted by Gasteiger charge is -2.35. The van der Waals surface area contributed by atoms with E-state index in [2.05, 4.69) is 53.7 Å². The molecule has 0 aromatic heterocycles. The minimum atomic E-state index is -0.304. The van der Waals surface area contributed by atoms with E-state index in [1.807, 2.05) is 25.2 Å². The van der Waals surface area contributed by atoms with Gasteiger partial charge < -0.3 is 9.47 Å². The predicted octanol–water partition coefficient (Wildman–Crippen LogP) is 6.74. The van der Waals surface area contributed by atoms with Crippen molar-refractivity contribution in [1.82, 2.24) is 0 Å². The highest BCUT2D eigenvalue weighted by Crippen LogP contribution is 2.41. The molecule has 0 fully saturated rings. The van der Waals surface area contributed by atoms with Crippen LogP contribution in [-0.2, 0) is 16.0 Å². The Bertz CT molecular complexity index is 924. The van der Waals surface area contributed by atoms with E-state index in [-0.39, 0.29) is 11.6 Å². The molecule has 1 aromatic rings. The fourth-order valence-corrected chi connectivity index (χ4v) is 3.70. The maximum Gasteiger partial charge on any atom is 0.330 e. The van der Waals surface area contributed by atoms with Gasteiger partial charge >= 0.3 is 5.97 Å². The highest BCUT2D eigenvalue weighted by molar-refractivity contribution is 5.83. The number of hydrogen-bond donors (Lipinski definition) is 0. The number of carbonyl (C=O) groups excluding carboxylic acids is 1. The van der Waals surface area contributed by atoms with Gasteiger partial charge in [-0.25, -0.2) is 4.79 Å². The Morgan fingerprint density at radius 3 is 2.43 bits per heavy atom. The van der Waals surface area contributed by atoms with E-state index >= 15 is 0 Å². The molecule has 0 bridgehead atoms. The predicted molar refractivity (Wildman–Crippen MR) is 126 cm³/mol. The Balaban J connectivity index is 2.22. The van der Waals surface area contributed by atoms with Crippen LogP contribution in [0.3, 0.4) is 0 Å². The van der Waals surface area contributed by atoms with Gasteiger partial charge in [0.1, 0.15) is 11.4 Å². The third kappa shape index (κ3) is 5.98. The van der Waals surface area contributed by atoms with Gasteiger partial charge in [-0.05, 0) is 102 Å². The summed E-state index contributed by atoms with van der Waals surface area (Å²) in [7, 11) is 0. The van der Waals surface area contributed by atoms with Crippen molar-refractivity contribution in [3.05, 3.63) is 69.3 Å². The van der Waals surface area contributed by atoms with Gasteiger partial charge in [0.2, 0.25) is 0 Å². The van der Waals surface area contributed by atoms with Crippen LogP contribution >= 0.6 is 0 Å². The second-order valence-corrected chi connectivity index (χ2v) is 8.70. The van der Waals surface area contributed by atoms with Crippen molar-refractivity contribution in [2.75, 3.05) is 6.61 Å². The summed E-state index contributed by atoms with van der Waals surface area (Å²) >= 11 is 0. The van der Waals surface area contributed by atoms with E-state index in [9.17, 15) is 4.79 Å². The van der Waals surface area contributed by atoms with E-state index in [4.69, 9.17) is 9.47 Å². The Morgan fingerprint density at radius 1 is 1.07 bits per heavy atom. The van der Waals surface area contributed by atoms with Crippen LogP contribution in [0.5, 0.6) is 5.75 Å². The van der Waals surface area contributed by atoms with Crippen LogP contribution in [0.25, 0.3) is 6.08 Å². The van der Waals surface area contributed by atoms with Crippen LogP contribution in [0.4, 0.5) is 0 Å². The molecule has 30 heavy (non-hydrogen) atoms. The molecule has 1 aromatic carbocycles. The molecule has 3 heteroatoms. The zero-order chi connectivity index (χ0) is 22.5. The standard InChI is InChI=1S/C27H36O3/c1-9-29-25(28)17-19(3)12-10-11-18(2)13-14-23-20(4)21(5)26-24(22(23)6)15-16-27(7,8)30-26/h10-14,17H,9,15-16H2,1-8H3. The second kappa shape index (κ2) is 9.97. The van der Waals surface area contributed by atoms with Gasteiger partial charge in [0, 0.05) is 6.08 Å². The van der Waals surface area contributed by atoms with Crippen LogP contribution in [0.1, 0.15) is 68.9 Å². The second-order valence-electron chi connectivity index (χ2n) is 8.70. The number of benzene rings is 1. The van der Waals surface area contributed by atoms with Gasteiger partial charge in [0.25, 0.3) is 0 Å². The fourth-order valence-electron chi connectivity index (χ4n) is 3.70. The highest BCUT2D eigenvalue weighted by atomic mass is 16.5. The van der Waals surface area contributed by atoms with Gasteiger partial charge in [-0.15, -0.1) is 0 Å². The lowest BCUT2D eigenvalue weighted by molar-refractivity contribution is -0.137. The first-order chi connectivity index (χ1) is 14.1. The lowest BCUT2D eigenvalue weighted by Crippen LogP contribution is -2.33. The van der Waals surface area contributed by atoms with Gasteiger partial charge in [0.05, 0.1) is 6.61 Å². The Morgan fingerprint density at radius 2 is 1.77 bits per heavy atom. The summed E-state index contributed by atoms with van der Waals surface area (Å²) in [5.74, 6) is 0.777. The molecule has 0 radical (unpaired) electrons.